The van der Waals surface area contributed by atoms with Crippen molar-refractivity contribution in [2.24, 2.45) is 0 Å². The highest BCUT2D eigenvalue weighted by atomic mass is 19.1. The lowest BCUT2D eigenvalue weighted by molar-refractivity contribution is -0.120. The van der Waals surface area contributed by atoms with E-state index < -0.39 is 0 Å². The van der Waals surface area contributed by atoms with Gasteiger partial charge >= 0.3 is 0 Å². The van der Waals surface area contributed by atoms with Crippen LogP contribution in [0.3, 0.4) is 0 Å². The molecular formula is C18H26FN3O2. The number of aliphatic hydroxyl groups is 1. The number of carbonyl (C=O) groups is 1. The van der Waals surface area contributed by atoms with Crippen LogP contribution in [-0.4, -0.2) is 43.3 Å². The van der Waals surface area contributed by atoms with E-state index >= 15 is 0 Å². The van der Waals surface area contributed by atoms with Crippen LogP contribution < -0.4 is 15.5 Å². The molecule has 1 heterocycles. The van der Waals surface area contributed by atoms with Crippen molar-refractivity contribution in [1.29, 1.82) is 0 Å². The highest BCUT2D eigenvalue weighted by Gasteiger charge is 2.21. The van der Waals surface area contributed by atoms with Crippen molar-refractivity contribution in [2.75, 3.05) is 31.1 Å². The van der Waals surface area contributed by atoms with Crippen LogP contribution in [0.15, 0.2) is 30.9 Å². The molecule has 1 aromatic rings. The molecule has 0 aromatic heterocycles. The van der Waals surface area contributed by atoms with Crippen LogP contribution in [0.25, 0.3) is 0 Å². The summed E-state index contributed by atoms with van der Waals surface area (Å²) in [5, 5.41) is 15.5. The summed E-state index contributed by atoms with van der Waals surface area (Å²) < 4.78 is 13.7. The van der Waals surface area contributed by atoms with Gasteiger partial charge in [0, 0.05) is 31.4 Å². The predicted octanol–water partition coefficient (Wildman–Crippen LogP) is 1.74. The van der Waals surface area contributed by atoms with Crippen LogP contribution in [0.4, 0.5) is 10.1 Å². The summed E-state index contributed by atoms with van der Waals surface area (Å²) in [5.74, 6) is -0.420. The van der Waals surface area contributed by atoms with Crippen molar-refractivity contribution in [2.45, 2.75) is 31.9 Å². The summed E-state index contributed by atoms with van der Waals surface area (Å²) in [4.78, 5) is 13.9. The van der Waals surface area contributed by atoms with E-state index in [-0.39, 0.29) is 30.4 Å². The first-order chi connectivity index (χ1) is 11.5. The Morgan fingerprint density at radius 3 is 2.88 bits per heavy atom. The zero-order valence-corrected chi connectivity index (χ0v) is 14.1. The molecule has 2 rings (SSSR count). The molecule has 1 atom stereocenters. The van der Waals surface area contributed by atoms with Gasteiger partial charge in [-0.05, 0) is 43.5 Å². The fourth-order valence-electron chi connectivity index (χ4n) is 2.87. The van der Waals surface area contributed by atoms with E-state index in [4.69, 9.17) is 0 Å². The summed E-state index contributed by atoms with van der Waals surface area (Å²) in [6, 6.07) is 4.57. The molecule has 0 aliphatic carbocycles. The van der Waals surface area contributed by atoms with Crippen molar-refractivity contribution in [3.8, 4) is 0 Å². The molecule has 1 aliphatic rings. The lowest BCUT2D eigenvalue weighted by Gasteiger charge is -2.34. The molecular weight excluding hydrogens is 309 g/mol. The lowest BCUT2D eigenvalue weighted by Crippen LogP contribution is -2.38. The summed E-state index contributed by atoms with van der Waals surface area (Å²) in [5.41, 5.74) is 1.78. The van der Waals surface area contributed by atoms with Crippen molar-refractivity contribution in [1.82, 2.24) is 10.6 Å². The minimum absolute atomic E-state index is 0.124. The zero-order valence-electron chi connectivity index (χ0n) is 14.1. The van der Waals surface area contributed by atoms with Crippen molar-refractivity contribution in [3.05, 3.63) is 42.2 Å². The number of hydrogen-bond acceptors (Lipinski definition) is 4. The Balaban J connectivity index is 2.06. The molecule has 1 amide bonds. The first-order valence-corrected chi connectivity index (χ1v) is 8.34. The van der Waals surface area contributed by atoms with Crippen molar-refractivity contribution in [3.63, 3.8) is 0 Å². The van der Waals surface area contributed by atoms with Crippen LogP contribution in [0, 0.1) is 5.82 Å². The zero-order chi connectivity index (χ0) is 17.5. The number of amides is 1. The van der Waals surface area contributed by atoms with Gasteiger partial charge in [0.1, 0.15) is 5.82 Å². The molecule has 1 saturated heterocycles. The Morgan fingerprint density at radius 2 is 2.21 bits per heavy atom. The van der Waals surface area contributed by atoms with Crippen LogP contribution in [0.1, 0.15) is 31.4 Å². The molecule has 5 nitrogen and oxygen atoms in total. The third-order valence-corrected chi connectivity index (χ3v) is 4.27. The average Bonchev–Trinajstić information content (AvgIpc) is 2.58. The molecule has 1 unspecified atom stereocenters. The number of hydrogen-bond donors (Lipinski definition) is 3. The van der Waals surface area contributed by atoms with E-state index in [1.165, 1.54) is 12.1 Å². The molecule has 0 spiro atoms. The quantitative estimate of drug-likeness (QED) is 0.664. The number of halogens is 1. The molecule has 24 heavy (non-hydrogen) atoms. The maximum atomic E-state index is 13.7. The van der Waals surface area contributed by atoms with Gasteiger partial charge in [-0.1, -0.05) is 6.08 Å². The molecule has 0 saturated carbocycles. The number of benzene rings is 1. The van der Waals surface area contributed by atoms with Gasteiger partial charge < -0.3 is 20.6 Å². The van der Waals surface area contributed by atoms with Crippen LogP contribution in [0.5, 0.6) is 0 Å². The van der Waals surface area contributed by atoms with Gasteiger partial charge in [-0.15, -0.1) is 6.58 Å². The van der Waals surface area contributed by atoms with Crippen molar-refractivity contribution < 1.29 is 14.3 Å². The number of anilines is 1. The van der Waals surface area contributed by atoms with Gasteiger partial charge in [0.15, 0.2) is 0 Å². The number of nitrogens with one attached hydrogen (secondary N) is 2. The van der Waals surface area contributed by atoms with E-state index in [9.17, 15) is 14.3 Å². The molecule has 3 N–H and O–H groups in total. The second-order valence-corrected chi connectivity index (χ2v) is 6.12. The minimum atomic E-state index is -0.296. The van der Waals surface area contributed by atoms with Gasteiger partial charge in [-0.25, -0.2) is 4.39 Å². The second-order valence-electron chi connectivity index (χ2n) is 6.12. The Morgan fingerprint density at radius 1 is 1.50 bits per heavy atom. The largest absolute Gasteiger partial charge is 0.393 e. The van der Waals surface area contributed by atoms with Gasteiger partial charge in [-0.2, -0.15) is 0 Å². The Bertz CT molecular complexity index is 571. The van der Waals surface area contributed by atoms with Crippen LogP contribution >= 0.6 is 0 Å². The fourth-order valence-corrected chi connectivity index (χ4v) is 2.87. The van der Waals surface area contributed by atoms with E-state index in [2.05, 4.69) is 22.1 Å². The topological polar surface area (TPSA) is 64.6 Å². The smallest absolute Gasteiger partial charge is 0.234 e. The molecule has 0 bridgehead atoms. The Kier molecular flexibility index (Phi) is 6.75. The number of aliphatic hydroxyl groups excluding tert-OH is 1. The van der Waals surface area contributed by atoms with Gasteiger partial charge in [0.2, 0.25) is 5.91 Å². The van der Waals surface area contributed by atoms with Crippen LogP contribution in [-0.2, 0) is 4.79 Å². The molecule has 1 fully saturated rings. The molecule has 1 aromatic carbocycles. The third-order valence-electron chi connectivity index (χ3n) is 4.27. The van der Waals surface area contributed by atoms with Crippen LogP contribution in [0.2, 0.25) is 0 Å². The molecule has 1 aliphatic heterocycles. The summed E-state index contributed by atoms with van der Waals surface area (Å²) in [6.45, 7) is 7.54. The van der Waals surface area contributed by atoms with Crippen molar-refractivity contribution >= 4 is 11.6 Å². The Labute approximate surface area is 142 Å². The molecule has 6 heteroatoms. The lowest BCUT2D eigenvalue weighted by atomic mass is 10.0. The fraction of sp³-hybridized carbons (Fsp3) is 0.500. The van der Waals surface area contributed by atoms with E-state index in [1.54, 1.807) is 12.1 Å². The maximum Gasteiger partial charge on any atom is 0.234 e. The predicted molar refractivity (Wildman–Crippen MR) is 93.5 cm³/mol. The van der Waals surface area contributed by atoms with E-state index in [1.807, 2.05) is 6.92 Å². The number of carbonyl (C=O) groups excluding carboxylic acids is 1. The number of rotatable bonds is 7. The second kappa shape index (κ2) is 8.80. The van der Waals surface area contributed by atoms with E-state index in [0.29, 0.717) is 19.4 Å². The number of nitrogens with zero attached hydrogens (tertiary/aromatic N) is 1. The number of piperidine rings is 1. The average molecular weight is 335 g/mol. The van der Waals surface area contributed by atoms with E-state index in [0.717, 1.165) is 24.3 Å². The summed E-state index contributed by atoms with van der Waals surface area (Å²) in [7, 11) is 0. The minimum Gasteiger partial charge on any atom is -0.393 e. The highest BCUT2D eigenvalue weighted by Crippen LogP contribution is 2.29. The molecule has 0 radical (unpaired) electrons. The molecule has 132 valence electrons. The SMILES string of the molecule is C=CCNC(=O)CNC(C)c1cc(F)ccc1N1CCC(O)CC1. The summed E-state index contributed by atoms with van der Waals surface area (Å²) >= 11 is 0. The van der Waals surface area contributed by atoms with Gasteiger partial charge in [-0.3, -0.25) is 4.79 Å². The normalized spacial score (nSPS) is 16.7. The first kappa shape index (κ1) is 18.4. The van der Waals surface area contributed by atoms with Gasteiger partial charge in [0.05, 0.1) is 12.6 Å². The third kappa shape index (κ3) is 5.04. The standard InChI is InChI=1S/C18H26FN3O2/c1-3-8-20-18(24)12-21-13(2)16-11-14(19)4-5-17(16)22-9-6-15(23)7-10-22/h3-5,11,13,15,21,23H,1,6-10,12H2,2H3,(H,20,24). The van der Waals surface area contributed by atoms with Gasteiger partial charge in [0.25, 0.3) is 0 Å². The monoisotopic (exact) mass is 335 g/mol. The summed E-state index contributed by atoms with van der Waals surface area (Å²) in [6.07, 6.45) is 2.79. The first-order valence-electron chi connectivity index (χ1n) is 8.34. The Hall–Kier alpha value is -1.92. The maximum absolute atomic E-state index is 13.7. The highest BCUT2D eigenvalue weighted by molar-refractivity contribution is 5.78.